The number of cyclic esters (lactones) is 1. The molecule has 0 aliphatic carbocycles. The fourth-order valence-electron chi connectivity index (χ4n) is 4.18. The molecule has 1 aromatic heterocycles. The van der Waals surface area contributed by atoms with Gasteiger partial charge in [-0.1, -0.05) is 0 Å². The van der Waals surface area contributed by atoms with E-state index >= 15 is 4.39 Å². The highest BCUT2D eigenvalue weighted by molar-refractivity contribution is 5.90. The van der Waals surface area contributed by atoms with E-state index in [1.54, 1.807) is 18.2 Å². The third-order valence-electron chi connectivity index (χ3n) is 5.93. The van der Waals surface area contributed by atoms with Gasteiger partial charge in [-0.2, -0.15) is 4.98 Å². The van der Waals surface area contributed by atoms with Crippen molar-refractivity contribution in [2.24, 2.45) is 0 Å². The molecule has 3 aromatic rings. The highest BCUT2D eigenvalue weighted by atomic mass is 19.1. The lowest BCUT2D eigenvalue weighted by molar-refractivity contribution is -0.119. The van der Waals surface area contributed by atoms with Crippen LogP contribution in [0.2, 0.25) is 0 Å². The minimum Gasteiger partial charge on any atom is -0.442 e. The monoisotopic (exact) mass is 471 g/mol. The maximum atomic E-state index is 15.0. The summed E-state index contributed by atoms with van der Waals surface area (Å²) < 4.78 is 39.3. The first-order valence-electron chi connectivity index (χ1n) is 11.0. The predicted molar refractivity (Wildman–Crippen MR) is 121 cm³/mol. The molecule has 3 heterocycles. The molecule has 2 saturated heterocycles. The summed E-state index contributed by atoms with van der Waals surface area (Å²) in [6.07, 6.45) is -1.06. The molecular weight excluding hydrogens is 448 g/mol. The fraction of sp³-hybridized carbons (Fsp3) is 0.348. The zero-order chi connectivity index (χ0) is 23.8. The second-order valence-corrected chi connectivity index (χ2v) is 8.27. The third-order valence-corrected chi connectivity index (χ3v) is 5.93. The Morgan fingerprint density at radius 2 is 1.88 bits per heavy atom. The molecule has 2 amide bonds. The van der Waals surface area contributed by atoms with Gasteiger partial charge in [-0.05, 0) is 30.3 Å². The first-order chi connectivity index (χ1) is 16.4. The number of rotatable bonds is 5. The van der Waals surface area contributed by atoms with E-state index in [1.807, 2.05) is 9.80 Å². The van der Waals surface area contributed by atoms with Gasteiger partial charge >= 0.3 is 6.09 Å². The summed E-state index contributed by atoms with van der Waals surface area (Å²) in [5.74, 6) is -1.04. The van der Waals surface area contributed by atoms with E-state index in [0.29, 0.717) is 54.7 Å². The Hall–Kier alpha value is -3.89. The van der Waals surface area contributed by atoms with Crippen molar-refractivity contribution in [3.05, 3.63) is 48.0 Å². The summed E-state index contributed by atoms with van der Waals surface area (Å²) >= 11 is 0. The van der Waals surface area contributed by atoms with Crippen LogP contribution in [-0.2, 0) is 9.53 Å². The Kier molecular flexibility index (Phi) is 5.68. The van der Waals surface area contributed by atoms with Crippen LogP contribution in [-0.4, -0.2) is 62.4 Å². The molecule has 0 spiro atoms. The Labute approximate surface area is 193 Å². The Morgan fingerprint density at radius 3 is 2.62 bits per heavy atom. The Bertz CT molecular complexity index is 1240. The number of ether oxygens (including phenoxy) is 1. The van der Waals surface area contributed by atoms with E-state index in [2.05, 4.69) is 10.3 Å². The molecule has 2 aliphatic rings. The highest BCUT2D eigenvalue weighted by Crippen LogP contribution is 2.30. The van der Waals surface area contributed by atoms with Crippen molar-refractivity contribution < 1.29 is 27.5 Å². The number of halogens is 2. The van der Waals surface area contributed by atoms with Crippen LogP contribution in [0.15, 0.2) is 40.8 Å². The molecule has 9 nitrogen and oxygen atoms in total. The molecule has 2 fully saturated rings. The maximum absolute atomic E-state index is 15.0. The number of carbonyl (C=O) groups is 2. The molecule has 1 atom stereocenters. The van der Waals surface area contributed by atoms with E-state index in [4.69, 9.17) is 9.15 Å². The normalized spacial score (nSPS) is 18.5. The second-order valence-electron chi connectivity index (χ2n) is 8.27. The van der Waals surface area contributed by atoms with Crippen LogP contribution in [0.4, 0.5) is 31.0 Å². The van der Waals surface area contributed by atoms with Crippen molar-refractivity contribution >= 4 is 40.5 Å². The molecule has 0 saturated carbocycles. The minimum absolute atomic E-state index is 0.206. The van der Waals surface area contributed by atoms with Gasteiger partial charge in [-0.15, -0.1) is 0 Å². The molecule has 2 aromatic carbocycles. The van der Waals surface area contributed by atoms with Crippen molar-refractivity contribution in [1.29, 1.82) is 0 Å². The molecule has 34 heavy (non-hydrogen) atoms. The summed E-state index contributed by atoms with van der Waals surface area (Å²) in [6, 6.07) is 9.28. The van der Waals surface area contributed by atoms with E-state index in [9.17, 15) is 14.0 Å². The second kappa shape index (κ2) is 8.81. The number of carbonyl (C=O) groups excluding carboxylic acids is 2. The van der Waals surface area contributed by atoms with Crippen molar-refractivity contribution in [2.45, 2.75) is 13.0 Å². The van der Waals surface area contributed by atoms with Crippen LogP contribution in [0.1, 0.15) is 6.92 Å². The number of hydrogen-bond donors (Lipinski definition) is 1. The first kappa shape index (κ1) is 21.9. The van der Waals surface area contributed by atoms with Crippen LogP contribution >= 0.6 is 0 Å². The maximum Gasteiger partial charge on any atom is 0.414 e. The number of piperazine rings is 1. The van der Waals surface area contributed by atoms with Gasteiger partial charge < -0.3 is 24.3 Å². The van der Waals surface area contributed by atoms with Gasteiger partial charge in [0.25, 0.3) is 6.01 Å². The number of fused-ring (bicyclic) bond motifs is 1. The summed E-state index contributed by atoms with van der Waals surface area (Å²) in [4.78, 5) is 32.9. The molecule has 0 radical (unpaired) electrons. The number of nitrogens with one attached hydrogen (secondary N) is 1. The lowest BCUT2D eigenvalue weighted by Crippen LogP contribution is -2.47. The van der Waals surface area contributed by atoms with Gasteiger partial charge in [-0.3, -0.25) is 9.69 Å². The van der Waals surface area contributed by atoms with Gasteiger partial charge in [0.1, 0.15) is 23.3 Å². The topological polar surface area (TPSA) is 91.2 Å². The highest BCUT2D eigenvalue weighted by Gasteiger charge is 2.33. The number of hydrogen-bond acceptors (Lipinski definition) is 7. The molecule has 0 bridgehead atoms. The van der Waals surface area contributed by atoms with Crippen LogP contribution in [0.25, 0.3) is 11.1 Å². The number of oxazole rings is 1. The number of nitrogens with zero attached hydrogens (tertiary/aromatic N) is 4. The molecule has 11 heteroatoms. The third kappa shape index (κ3) is 4.33. The molecule has 5 rings (SSSR count). The largest absolute Gasteiger partial charge is 0.442 e. The van der Waals surface area contributed by atoms with Gasteiger partial charge in [0.2, 0.25) is 5.91 Å². The van der Waals surface area contributed by atoms with Gasteiger partial charge in [0, 0.05) is 39.2 Å². The quantitative estimate of drug-likeness (QED) is 0.612. The van der Waals surface area contributed by atoms with Crippen molar-refractivity contribution in [3.63, 3.8) is 0 Å². The SMILES string of the molecule is CC(=O)NC[C@H]1CN(c2ccc(N3CCN(c4nc5ccc(F)cc5o4)CC3)c(F)c2)C(=O)O1. The van der Waals surface area contributed by atoms with Gasteiger partial charge in [0.05, 0.1) is 24.5 Å². The van der Waals surface area contributed by atoms with Crippen LogP contribution in [0.5, 0.6) is 0 Å². The zero-order valence-electron chi connectivity index (χ0n) is 18.5. The van der Waals surface area contributed by atoms with Crippen LogP contribution < -0.4 is 20.0 Å². The summed E-state index contributed by atoms with van der Waals surface area (Å²) in [5.41, 5.74) is 1.80. The fourth-order valence-corrected chi connectivity index (χ4v) is 4.18. The Morgan fingerprint density at radius 1 is 1.12 bits per heavy atom. The number of aromatic nitrogens is 1. The van der Waals surface area contributed by atoms with E-state index in [0.717, 1.165) is 0 Å². The molecule has 2 aliphatic heterocycles. The van der Waals surface area contributed by atoms with E-state index in [1.165, 1.54) is 30.0 Å². The average Bonchev–Trinajstić information content (AvgIpc) is 3.40. The molecule has 0 unspecified atom stereocenters. The van der Waals surface area contributed by atoms with E-state index < -0.39 is 18.0 Å². The standard InChI is InChI=1S/C23H23F2N5O4/c1-14(31)26-12-17-13-30(23(32)33-17)16-3-5-20(18(25)11-16)28-6-8-29(9-7-28)22-27-19-4-2-15(24)10-21(19)34-22/h2-5,10-11,17H,6-9,12-13H2,1H3,(H,26,31)/t17-/m0/s1. The van der Waals surface area contributed by atoms with Crippen molar-refractivity contribution in [1.82, 2.24) is 10.3 Å². The number of benzene rings is 2. The lowest BCUT2D eigenvalue weighted by atomic mass is 10.2. The summed E-state index contributed by atoms with van der Waals surface area (Å²) in [6.45, 7) is 4.00. The van der Waals surface area contributed by atoms with Crippen LogP contribution in [0.3, 0.4) is 0 Å². The summed E-state index contributed by atoms with van der Waals surface area (Å²) in [5, 5.41) is 2.61. The van der Waals surface area contributed by atoms with Crippen LogP contribution in [0, 0.1) is 11.6 Å². The minimum atomic E-state index is -0.575. The van der Waals surface area contributed by atoms with Gasteiger partial charge in [0.15, 0.2) is 5.58 Å². The van der Waals surface area contributed by atoms with E-state index in [-0.39, 0.29) is 24.8 Å². The number of anilines is 3. The van der Waals surface area contributed by atoms with Crippen molar-refractivity contribution in [3.8, 4) is 0 Å². The lowest BCUT2D eigenvalue weighted by Gasteiger charge is -2.35. The first-order valence-corrected chi connectivity index (χ1v) is 11.0. The van der Waals surface area contributed by atoms with Gasteiger partial charge in [-0.25, -0.2) is 13.6 Å². The zero-order valence-corrected chi connectivity index (χ0v) is 18.5. The average molecular weight is 471 g/mol. The molecule has 1 N–H and O–H groups in total. The van der Waals surface area contributed by atoms with Crippen molar-refractivity contribution in [2.75, 3.05) is 54.0 Å². The molecular formula is C23H23F2N5O4. The smallest absolute Gasteiger partial charge is 0.414 e. The Balaban J connectivity index is 1.23. The molecule has 178 valence electrons. The summed E-state index contributed by atoms with van der Waals surface area (Å²) in [7, 11) is 0. The predicted octanol–water partition coefficient (Wildman–Crippen LogP) is 2.89. The number of amides is 2.